The number of carbonyl (C=O) groups excluding carboxylic acids is 1. The number of hydrogen-bond acceptors (Lipinski definition) is 5. The number of halogens is 1. The highest BCUT2D eigenvalue weighted by molar-refractivity contribution is 9.10. The van der Waals surface area contributed by atoms with Gasteiger partial charge in [0.25, 0.3) is 5.56 Å². The number of ether oxygens (including phenoxy) is 1. The fourth-order valence-corrected chi connectivity index (χ4v) is 5.27. The molecule has 0 bridgehead atoms. The molecule has 1 fully saturated rings. The number of aromatic nitrogens is 2. The number of rotatable bonds is 6. The average Bonchev–Trinajstić information content (AvgIpc) is 3.26. The topological polar surface area (TPSA) is 61.2 Å². The molecule has 2 aromatic carbocycles. The average molecular weight is 473 g/mol. The predicted molar refractivity (Wildman–Crippen MR) is 119 cm³/mol. The number of thioether (sulfide) groups is 1. The fraction of sp³-hybridized carbons (Fsp3) is 0.318. The maximum atomic E-state index is 13.2. The van der Waals surface area contributed by atoms with Crippen LogP contribution in [-0.4, -0.2) is 28.2 Å². The molecule has 0 N–H and O–H groups in total. The van der Waals surface area contributed by atoms with Crippen molar-refractivity contribution in [2.24, 2.45) is 0 Å². The summed E-state index contributed by atoms with van der Waals surface area (Å²) in [6.07, 6.45) is 4.19. The third-order valence-corrected chi connectivity index (χ3v) is 6.84. The maximum Gasteiger partial charge on any atom is 0.262 e. The molecule has 0 aliphatic heterocycles. The van der Waals surface area contributed by atoms with Crippen molar-refractivity contribution in [3.8, 4) is 5.75 Å². The summed E-state index contributed by atoms with van der Waals surface area (Å²) in [5.41, 5.74) is 1.26. The normalized spacial score (nSPS) is 14.4. The minimum absolute atomic E-state index is 0.00959. The number of methoxy groups -OCH3 is 1. The van der Waals surface area contributed by atoms with Gasteiger partial charge in [-0.2, -0.15) is 0 Å². The van der Waals surface area contributed by atoms with Crippen molar-refractivity contribution >= 4 is 44.4 Å². The molecule has 29 heavy (non-hydrogen) atoms. The maximum absolute atomic E-state index is 13.2. The second-order valence-electron chi connectivity index (χ2n) is 7.09. The highest BCUT2D eigenvalue weighted by Crippen LogP contribution is 2.32. The molecule has 1 aliphatic rings. The predicted octanol–water partition coefficient (Wildman–Crippen LogP) is 5.26. The Labute approximate surface area is 181 Å². The van der Waals surface area contributed by atoms with E-state index in [1.807, 2.05) is 28.8 Å². The summed E-state index contributed by atoms with van der Waals surface area (Å²) in [4.78, 5) is 30.7. The third kappa shape index (κ3) is 4.12. The smallest absolute Gasteiger partial charge is 0.262 e. The summed E-state index contributed by atoms with van der Waals surface area (Å²) in [5.74, 6) is 0.884. The van der Waals surface area contributed by atoms with Gasteiger partial charge in [0.2, 0.25) is 0 Å². The zero-order valence-electron chi connectivity index (χ0n) is 16.1. The summed E-state index contributed by atoms with van der Waals surface area (Å²) >= 11 is 4.76. The summed E-state index contributed by atoms with van der Waals surface area (Å²) in [6.45, 7) is 0. The molecule has 0 unspecified atom stereocenters. The summed E-state index contributed by atoms with van der Waals surface area (Å²) in [7, 11) is 1.59. The zero-order chi connectivity index (χ0) is 20.4. The molecule has 1 saturated carbocycles. The molecule has 1 aliphatic carbocycles. The molecule has 7 heteroatoms. The molecule has 0 amide bonds. The number of fused-ring (bicyclic) bond motifs is 1. The summed E-state index contributed by atoms with van der Waals surface area (Å²) in [5, 5.41) is 1.26. The minimum atomic E-state index is -0.0151. The molecular formula is C22H21BrN2O3S. The van der Waals surface area contributed by atoms with Crippen LogP contribution < -0.4 is 10.3 Å². The van der Waals surface area contributed by atoms with Crippen molar-refractivity contribution in [3.05, 3.63) is 62.9 Å². The van der Waals surface area contributed by atoms with Gasteiger partial charge in [0, 0.05) is 11.6 Å². The van der Waals surface area contributed by atoms with Crippen LogP contribution in [0.1, 0.15) is 42.1 Å². The Bertz CT molecular complexity index is 1120. The van der Waals surface area contributed by atoms with Gasteiger partial charge in [-0.3, -0.25) is 14.2 Å². The number of para-hydroxylation sites is 1. The first-order chi connectivity index (χ1) is 14.1. The first-order valence-corrected chi connectivity index (χ1v) is 11.4. The molecule has 150 valence electrons. The molecule has 4 rings (SSSR count). The van der Waals surface area contributed by atoms with Gasteiger partial charge in [-0.1, -0.05) is 36.7 Å². The third-order valence-electron chi connectivity index (χ3n) is 5.27. The lowest BCUT2D eigenvalue weighted by Crippen LogP contribution is -2.26. The Morgan fingerprint density at radius 1 is 1.24 bits per heavy atom. The lowest BCUT2D eigenvalue weighted by molar-refractivity contribution is 0.102. The van der Waals surface area contributed by atoms with Gasteiger partial charge in [0.15, 0.2) is 10.9 Å². The van der Waals surface area contributed by atoms with Gasteiger partial charge >= 0.3 is 0 Å². The van der Waals surface area contributed by atoms with Crippen LogP contribution in [0.5, 0.6) is 5.75 Å². The number of ketones is 1. The number of nitrogens with zero attached hydrogens (tertiary/aromatic N) is 2. The second-order valence-corrected chi connectivity index (χ2v) is 8.88. The monoisotopic (exact) mass is 472 g/mol. The van der Waals surface area contributed by atoms with Gasteiger partial charge in [-0.15, -0.1) is 0 Å². The molecule has 3 aromatic rings. The van der Waals surface area contributed by atoms with E-state index in [4.69, 9.17) is 9.72 Å². The van der Waals surface area contributed by atoms with Crippen molar-refractivity contribution in [2.75, 3.05) is 12.9 Å². The first kappa shape index (κ1) is 20.2. The lowest BCUT2D eigenvalue weighted by Gasteiger charge is -2.18. The molecule has 1 aromatic heterocycles. The lowest BCUT2D eigenvalue weighted by atomic mass is 10.1. The van der Waals surface area contributed by atoms with Crippen LogP contribution in [0.3, 0.4) is 0 Å². The number of benzene rings is 2. The Kier molecular flexibility index (Phi) is 6.06. The molecule has 5 nitrogen and oxygen atoms in total. The van der Waals surface area contributed by atoms with Gasteiger partial charge < -0.3 is 4.74 Å². The van der Waals surface area contributed by atoms with Gasteiger partial charge in [0.05, 0.1) is 28.2 Å². The summed E-state index contributed by atoms with van der Waals surface area (Å²) in [6, 6.07) is 12.9. The SMILES string of the molecule is COc1ccc(C(=O)CSc2nc3ccccc3c(=O)n2C2CCCC2)cc1Br. The van der Waals surface area contributed by atoms with E-state index in [0.717, 1.165) is 30.2 Å². The molecule has 0 spiro atoms. The van der Waals surface area contributed by atoms with Crippen molar-refractivity contribution in [3.63, 3.8) is 0 Å². The van der Waals surface area contributed by atoms with E-state index in [1.165, 1.54) is 11.8 Å². The number of hydrogen-bond donors (Lipinski definition) is 0. The molecule has 1 heterocycles. The molecular weight excluding hydrogens is 452 g/mol. The number of carbonyl (C=O) groups is 1. The van der Waals surface area contributed by atoms with E-state index >= 15 is 0 Å². The van der Waals surface area contributed by atoms with Crippen molar-refractivity contribution in [1.29, 1.82) is 0 Å². The van der Waals surface area contributed by atoms with Crippen LogP contribution in [0.2, 0.25) is 0 Å². The Balaban J connectivity index is 1.64. The summed E-state index contributed by atoms with van der Waals surface area (Å²) < 4.78 is 7.78. The van der Waals surface area contributed by atoms with E-state index in [1.54, 1.807) is 25.3 Å². The largest absolute Gasteiger partial charge is 0.496 e. The Morgan fingerprint density at radius 2 is 2.00 bits per heavy atom. The van der Waals surface area contributed by atoms with Gasteiger partial charge in [-0.05, 0) is 59.1 Å². The quantitative estimate of drug-likeness (QED) is 0.278. The van der Waals surface area contributed by atoms with Crippen molar-refractivity contribution in [2.45, 2.75) is 36.9 Å². The van der Waals surface area contributed by atoms with Crippen molar-refractivity contribution in [1.82, 2.24) is 9.55 Å². The standard InChI is InChI=1S/C22H21BrN2O3S/c1-28-20-11-10-14(12-17(20)23)19(26)13-29-22-24-18-9-5-4-8-16(18)21(27)25(22)15-6-2-3-7-15/h4-5,8-12,15H,2-3,6-7,13H2,1H3. The van der Waals surface area contributed by atoms with Gasteiger partial charge in [-0.25, -0.2) is 4.98 Å². The van der Waals surface area contributed by atoms with Crippen LogP contribution >= 0.6 is 27.7 Å². The van der Waals surface area contributed by atoms with Crippen molar-refractivity contribution < 1.29 is 9.53 Å². The Morgan fingerprint density at radius 3 is 2.72 bits per heavy atom. The first-order valence-electron chi connectivity index (χ1n) is 9.59. The van der Waals surface area contributed by atoms with Crippen LogP contribution in [0, 0.1) is 0 Å². The van der Waals surface area contributed by atoms with Crippen LogP contribution in [0.15, 0.2) is 56.9 Å². The second kappa shape index (κ2) is 8.71. The highest BCUT2D eigenvalue weighted by atomic mass is 79.9. The molecule has 0 radical (unpaired) electrons. The van der Waals surface area contributed by atoms with Crippen LogP contribution in [-0.2, 0) is 0 Å². The van der Waals surface area contributed by atoms with E-state index in [2.05, 4.69) is 15.9 Å². The van der Waals surface area contributed by atoms with Crippen LogP contribution in [0.4, 0.5) is 0 Å². The van der Waals surface area contributed by atoms with E-state index < -0.39 is 0 Å². The van der Waals surface area contributed by atoms with Crippen LogP contribution in [0.25, 0.3) is 10.9 Å². The van der Waals surface area contributed by atoms with Gasteiger partial charge in [0.1, 0.15) is 5.75 Å². The molecule has 0 saturated heterocycles. The molecule has 0 atom stereocenters. The number of Topliss-reactive ketones (excluding diaryl/α,β-unsaturated/α-hetero) is 1. The highest BCUT2D eigenvalue weighted by Gasteiger charge is 2.23. The van der Waals surface area contributed by atoms with E-state index in [9.17, 15) is 9.59 Å². The fourth-order valence-electron chi connectivity index (χ4n) is 3.77. The minimum Gasteiger partial charge on any atom is -0.496 e. The van der Waals surface area contributed by atoms with E-state index in [0.29, 0.717) is 27.4 Å². The van der Waals surface area contributed by atoms with E-state index in [-0.39, 0.29) is 23.1 Å². The zero-order valence-corrected chi connectivity index (χ0v) is 18.5. The Hall–Kier alpha value is -2.12.